The van der Waals surface area contributed by atoms with Gasteiger partial charge in [-0.25, -0.2) is 0 Å². The van der Waals surface area contributed by atoms with Crippen molar-refractivity contribution in [2.75, 3.05) is 19.0 Å². The number of hydrogen-bond acceptors (Lipinski definition) is 3. The highest BCUT2D eigenvalue weighted by molar-refractivity contribution is 5.24. The molecule has 0 saturated carbocycles. The van der Waals surface area contributed by atoms with E-state index in [2.05, 4.69) is 15.2 Å². The minimum atomic E-state index is 0.747. The molecule has 0 aromatic carbocycles. The summed E-state index contributed by atoms with van der Waals surface area (Å²) in [7, 11) is 3.84. The highest BCUT2D eigenvalue weighted by Gasteiger charge is 2.00. The van der Waals surface area contributed by atoms with Gasteiger partial charge < -0.3 is 4.90 Å². The van der Waals surface area contributed by atoms with Crippen molar-refractivity contribution in [2.24, 2.45) is 0 Å². The maximum atomic E-state index is 4.19. The highest BCUT2D eigenvalue weighted by atomic mass is 15.3. The van der Waals surface area contributed by atoms with Gasteiger partial charge in [0, 0.05) is 20.5 Å². The zero-order chi connectivity index (χ0) is 9.56. The summed E-state index contributed by atoms with van der Waals surface area (Å²) in [6, 6.07) is 0. The third-order valence-corrected chi connectivity index (χ3v) is 1.25. The normalized spacial score (nSPS) is 8.75. The topological polar surface area (TPSA) is 44.8 Å². The molecule has 1 N–H and O–H groups in total. The van der Waals surface area contributed by atoms with Gasteiger partial charge in [0.05, 0.1) is 0 Å². The Balaban J connectivity index is 0.000000561. The zero-order valence-corrected chi connectivity index (χ0v) is 8.55. The maximum absolute atomic E-state index is 4.19. The lowest BCUT2D eigenvalue weighted by molar-refractivity contribution is 0.945. The van der Waals surface area contributed by atoms with Crippen molar-refractivity contribution in [3.63, 3.8) is 0 Å². The average molecular weight is 170 g/mol. The van der Waals surface area contributed by atoms with E-state index in [0.717, 1.165) is 18.2 Å². The van der Waals surface area contributed by atoms with E-state index in [1.54, 1.807) is 0 Å². The van der Waals surface area contributed by atoms with Crippen LogP contribution in [0.3, 0.4) is 0 Å². The lowest BCUT2D eigenvalue weighted by atomic mass is 10.5. The largest absolute Gasteiger partial charge is 0.346 e. The molecule has 0 spiro atoms. The molecule has 1 rings (SSSR count). The smallest absolute Gasteiger partial charge is 0.244 e. The van der Waals surface area contributed by atoms with Crippen molar-refractivity contribution < 1.29 is 0 Å². The number of nitrogens with zero attached hydrogens (tertiary/aromatic N) is 3. The molecule has 4 heteroatoms. The van der Waals surface area contributed by atoms with E-state index in [0.29, 0.717) is 0 Å². The van der Waals surface area contributed by atoms with Crippen LogP contribution in [-0.4, -0.2) is 29.3 Å². The van der Waals surface area contributed by atoms with Crippen molar-refractivity contribution in [3.8, 4) is 0 Å². The summed E-state index contributed by atoms with van der Waals surface area (Å²) < 4.78 is 0. The molecular weight excluding hydrogens is 152 g/mol. The van der Waals surface area contributed by atoms with Crippen LogP contribution < -0.4 is 4.90 Å². The van der Waals surface area contributed by atoms with Crippen LogP contribution in [0.1, 0.15) is 26.6 Å². The second kappa shape index (κ2) is 5.57. The van der Waals surface area contributed by atoms with Gasteiger partial charge in [-0.3, -0.25) is 5.10 Å². The molecule has 0 amide bonds. The monoisotopic (exact) mass is 170 g/mol. The summed E-state index contributed by atoms with van der Waals surface area (Å²) in [5, 5.41) is 6.81. The van der Waals surface area contributed by atoms with Crippen molar-refractivity contribution in [1.82, 2.24) is 15.2 Å². The quantitative estimate of drug-likeness (QED) is 0.730. The number of anilines is 1. The molecule has 0 atom stereocenters. The molecule has 1 aromatic rings. The Bertz CT molecular complexity index is 205. The summed E-state index contributed by atoms with van der Waals surface area (Å²) in [5.41, 5.74) is 0. The molecule has 1 aromatic heterocycles. The summed E-state index contributed by atoms with van der Waals surface area (Å²) >= 11 is 0. The molecule has 0 aliphatic carbocycles. The number of H-pyrrole nitrogens is 1. The van der Waals surface area contributed by atoms with Gasteiger partial charge in [-0.05, 0) is 0 Å². The molecule has 0 unspecified atom stereocenters. The molecule has 0 saturated heterocycles. The number of hydrogen-bond donors (Lipinski definition) is 1. The first-order valence-electron chi connectivity index (χ1n) is 4.32. The minimum absolute atomic E-state index is 0.747. The van der Waals surface area contributed by atoms with E-state index in [9.17, 15) is 0 Å². The van der Waals surface area contributed by atoms with Crippen molar-refractivity contribution >= 4 is 5.95 Å². The summed E-state index contributed by atoms with van der Waals surface area (Å²) in [5.74, 6) is 1.68. The molecule has 4 nitrogen and oxygen atoms in total. The first kappa shape index (κ1) is 10.9. The Hall–Kier alpha value is -1.06. The van der Waals surface area contributed by atoms with Gasteiger partial charge in [0.15, 0.2) is 0 Å². The Kier molecular flexibility index (Phi) is 5.08. The zero-order valence-electron chi connectivity index (χ0n) is 8.55. The fourth-order valence-electron chi connectivity index (χ4n) is 0.643. The van der Waals surface area contributed by atoms with Gasteiger partial charge in [-0.15, -0.1) is 5.10 Å². The minimum Gasteiger partial charge on any atom is -0.346 e. The van der Waals surface area contributed by atoms with Crippen LogP contribution in [0.25, 0.3) is 0 Å². The van der Waals surface area contributed by atoms with Gasteiger partial charge in [-0.1, -0.05) is 20.8 Å². The third kappa shape index (κ3) is 2.90. The number of aromatic amines is 1. The average Bonchev–Trinajstić information content (AvgIpc) is 2.55. The van der Waals surface area contributed by atoms with Crippen LogP contribution in [0.15, 0.2) is 0 Å². The number of aryl methyl sites for hydroxylation is 1. The summed E-state index contributed by atoms with van der Waals surface area (Å²) in [4.78, 5) is 6.06. The Morgan fingerprint density at radius 1 is 1.33 bits per heavy atom. The predicted octanol–water partition coefficient (Wildman–Crippen LogP) is 1.46. The Morgan fingerprint density at radius 3 is 2.17 bits per heavy atom. The molecule has 0 aliphatic rings. The summed E-state index contributed by atoms with van der Waals surface area (Å²) in [6.07, 6.45) is 0.904. The fraction of sp³-hybridized carbons (Fsp3) is 0.750. The maximum Gasteiger partial charge on any atom is 0.244 e. The first-order valence-corrected chi connectivity index (χ1v) is 4.32. The van der Waals surface area contributed by atoms with Crippen LogP contribution in [0.2, 0.25) is 0 Å². The van der Waals surface area contributed by atoms with E-state index in [-0.39, 0.29) is 0 Å². The van der Waals surface area contributed by atoms with E-state index < -0.39 is 0 Å². The highest BCUT2D eigenvalue weighted by Crippen LogP contribution is 2.01. The van der Waals surface area contributed by atoms with Gasteiger partial charge in [0.2, 0.25) is 5.95 Å². The lowest BCUT2D eigenvalue weighted by Gasteiger charge is -2.03. The van der Waals surface area contributed by atoms with Crippen LogP contribution in [0.5, 0.6) is 0 Å². The van der Waals surface area contributed by atoms with Crippen molar-refractivity contribution in [3.05, 3.63) is 5.82 Å². The first-order chi connectivity index (χ1) is 5.74. The van der Waals surface area contributed by atoms with Crippen LogP contribution >= 0.6 is 0 Å². The van der Waals surface area contributed by atoms with Crippen molar-refractivity contribution in [1.29, 1.82) is 0 Å². The molecule has 70 valence electrons. The van der Waals surface area contributed by atoms with Crippen LogP contribution in [-0.2, 0) is 6.42 Å². The van der Waals surface area contributed by atoms with Crippen LogP contribution in [0.4, 0.5) is 5.95 Å². The third-order valence-electron chi connectivity index (χ3n) is 1.25. The Morgan fingerprint density at radius 2 is 1.92 bits per heavy atom. The molecule has 0 radical (unpaired) electrons. The van der Waals surface area contributed by atoms with E-state index in [1.165, 1.54) is 0 Å². The molecule has 12 heavy (non-hydrogen) atoms. The van der Waals surface area contributed by atoms with Gasteiger partial charge in [-0.2, -0.15) is 4.98 Å². The van der Waals surface area contributed by atoms with E-state index in [1.807, 2.05) is 39.8 Å². The van der Waals surface area contributed by atoms with Crippen molar-refractivity contribution in [2.45, 2.75) is 27.2 Å². The van der Waals surface area contributed by atoms with Gasteiger partial charge in [0.1, 0.15) is 5.82 Å². The van der Waals surface area contributed by atoms with E-state index >= 15 is 0 Å². The van der Waals surface area contributed by atoms with E-state index in [4.69, 9.17) is 0 Å². The standard InChI is InChI=1S/C6H12N4.C2H6/c1-4-5-7-6(9-8-5)10(2)3;1-2/h4H2,1-3H3,(H,7,8,9);1-2H3. The second-order valence-electron chi connectivity index (χ2n) is 2.33. The summed E-state index contributed by atoms with van der Waals surface area (Å²) in [6.45, 7) is 6.04. The fourth-order valence-corrected chi connectivity index (χ4v) is 0.643. The molecule has 1 heterocycles. The lowest BCUT2D eigenvalue weighted by Crippen LogP contribution is -2.10. The van der Waals surface area contributed by atoms with Gasteiger partial charge in [0.25, 0.3) is 0 Å². The predicted molar refractivity (Wildman–Crippen MR) is 51.4 cm³/mol. The molecular formula is C8H18N4. The number of nitrogens with one attached hydrogen (secondary N) is 1. The van der Waals surface area contributed by atoms with Gasteiger partial charge >= 0.3 is 0 Å². The second-order valence-corrected chi connectivity index (χ2v) is 2.33. The molecule has 0 aliphatic heterocycles. The SMILES string of the molecule is CC.CCc1nc(N(C)C)n[nH]1. The van der Waals surface area contributed by atoms with Crippen LogP contribution in [0, 0.1) is 0 Å². The molecule has 0 bridgehead atoms. The number of aromatic nitrogens is 3. The number of rotatable bonds is 2. The Labute approximate surface area is 74.0 Å². The molecule has 0 fully saturated rings.